The highest BCUT2D eigenvalue weighted by Crippen LogP contribution is 2.68. The van der Waals surface area contributed by atoms with Gasteiger partial charge in [-0.2, -0.15) is 0 Å². The molecule has 4 aliphatic carbocycles. The summed E-state index contributed by atoms with van der Waals surface area (Å²) in [6.45, 7) is 15.7. The van der Waals surface area contributed by atoms with Crippen molar-refractivity contribution in [1.29, 1.82) is 0 Å². The van der Waals surface area contributed by atoms with Crippen LogP contribution in [0.4, 0.5) is 0 Å². The van der Waals surface area contributed by atoms with Gasteiger partial charge in [0.05, 0.1) is 11.7 Å². The van der Waals surface area contributed by atoms with Crippen LogP contribution in [0.15, 0.2) is 0 Å². The second-order valence-electron chi connectivity index (χ2n) is 13.0. The molecule has 9 atom stereocenters. The van der Waals surface area contributed by atoms with E-state index in [4.69, 9.17) is 0 Å². The second kappa shape index (κ2) is 9.65. The van der Waals surface area contributed by atoms with E-state index >= 15 is 0 Å². The third-order valence-corrected chi connectivity index (χ3v) is 10.8. The molecule has 2 heteroatoms. The number of hydrogen-bond donors (Lipinski definition) is 2. The molecule has 8 unspecified atom stereocenters. The van der Waals surface area contributed by atoms with E-state index in [1.165, 1.54) is 51.4 Å². The van der Waals surface area contributed by atoms with E-state index in [2.05, 4.69) is 20.8 Å². The molecule has 0 spiro atoms. The Morgan fingerprint density at radius 3 is 2.23 bits per heavy atom. The lowest BCUT2D eigenvalue weighted by Crippen LogP contribution is -2.54. The standard InChI is InChI=1S/C27H48O2.C2H6/c1-18(7-6-14-25(2,3)29)22-10-11-23-21-9-8-19-17-20(28)12-15-26(19,4)24(21)13-16-27(22,23)5;1-2/h18-24,28-29H,6-17H2,1-5H3;1-2H3/t18-,19?,20?,21?,22?,23?,24?,26?,27?;/m1./s1. The number of hydrogen-bond acceptors (Lipinski definition) is 2. The first-order valence-electron chi connectivity index (χ1n) is 13.9. The predicted molar refractivity (Wildman–Crippen MR) is 132 cm³/mol. The smallest absolute Gasteiger partial charge is 0.0591 e. The zero-order chi connectivity index (χ0) is 23.0. The van der Waals surface area contributed by atoms with Crippen molar-refractivity contribution in [3.63, 3.8) is 0 Å². The fourth-order valence-electron chi connectivity index (χ4n) is 9.27. The summed E-state index contributed by atoms with van der Waals surface area (Å²) >= 11 is 0. The number of aliphatic hydroxyl groups is 2. The van der Waals surface area contributed by atoms with Crippen molar-refractivity contribution in [2.75, 3.05) is 0 Å². The molecular weight excluding hydrogens is 380 g/mol. The Morgan fingerprint density at radius 1 is 0.903 bits per heavy atom. The van der Waals surface area contributed by atoms with Crippen LogP contribution in [0.1, 0.15) is 126 Å². The van der Waals surface area contributed by atoms with Crippen molar-refractivity contribution >= 4 is 0 Å². The highest BCUT2D eigenvalue weighted by molar-refractivity contribution is 5.09. The SMILES string of the molecule is CC.C[C@H](CCCC(C)(C)O)C1CCC2C3CCC4CC(O)CCC4(C)C3CCC21C. The Hall–Kier alpha value is -0.0800. The average molecular weight is 435 g/mol. The second-order valence-corrected chi connectivity index (χ2v) is 13.0. The first-order valence-corrected chi connectivity index (χ1v) is 13.9. The fraction of sp³-hybridized carbons (Fsp3) is 1.00. The van der Waals surface area contributed by atoms with Gasteiger partial charge in [-0.25, -0.2) is 0 Å². The first kappa shape index (κ1) is 25.5. The molecule has 0 heterocycles. The Kier molecular flexibility index (Phi) is 7.95. The van der Waals surface area contributed by atoms with Gasteiger partial charge in [0.2, 0.25) is 0 Å². The van der Waals surface area contributed by atoms with Crippen molar-refractivity contribution in [3.8, 4) is 0 Å². The minimum Gasteiger partial charge on any atom is -0.393 e. The van der Waals surface area contributed by atoms with E-state index in [1.54, 1.807) is 0 Å². The zero-order valence-electron chi connectivity index (χ0n) is 21.9. The maximum atomic E-state index is 10.3. The quantitative estimate of drug-likeness (QED) is 0.467. The summed E-state index contributed by atoms with van der Waals surface area (Å²) in [6.07, 6.45) is 15.3. The molecule has 31 heavy (non-hydrogen) atoms. The van der Waals surface area contributed by atoms with Gasteiger partial charge < -0.3 is 10.2 Å². The van der Waals surface area contributed by atoms with Crippen LogP contribution in [0.3, 0.4) is 0 Å². The number of aliphatic hydroxyl groups excluding tert-OH is 1. The molecule has 0 aromatic rings. The molecular formula is C29H54O2. The van der Waals surface area contributed by atoms with E-state index in [-0.39, 0.29) is 6.10 Å². The maximum absolute atomic E-state index is 10.3. The van der Waals surface area contributed by atoms with Gasteiger partial charge in [0.25, 0.3) is 0 Å². The van der Waals surface area contributed by atoms with E-state index in [0.29, 0.717) is 10.8 Å². The van der Waals surface area contributed by atoms with Gasteiger partial charge in [-0.05, 0) is 124 Å². The van der Waals surface area contributed by atoms with Crippen molar-refractivity contribution in [1.82, 2.24) is 0 Å². The average Bonchev–Trinajstić information content (AvgIpc) is 3.06. The van der Waals surface area contributed by atoms with Crippen molar-refractivity contribution in [3.05, 3.63) is 0 Å². The molecule has 2 N–H and O–H groups in total. The Balaban J connectivity index is 0.00000132. The van der Waals surface area contributed by atoms with E-state index < -0.39 is 5.60 Å². The zero-order valence-corrected chi connectivity index (χ0v) is 21.9. The lowest BCUT2D eigenvalue weighted by Gasteiger charge is -2.61. The van der Waals surface area contributed by atoms with E-state index in [0.717, 1.165) is 61.2 Å². The molecule has 0 aliphatic heterocycles. The molecule has 0 radical (unpaired) electrons. The number of rotatable bonds is 5. The van der Waals surface area contributed by atoms with Crippen LogP contribution >= 0.6 is 0 Å². The normalized spacial score (nSPS) is 45.6. The summed E-state index contributed by atoms with van der Waals surface area (Å²) in [5.41, 5.74) is 0.536. The molecule has 2 nitrogen and oxygen atoms in total. The summed E-state index contributed by atoms with van der Waals surface area (Å²) in [5, 5.41) is 20.3. The lowest BCUT2D eigenvalue weighted by atomic mass is 9.44. The molecule has 182 valence electrons. The molecule has 0 aromatic heterocycles. The van der Waals surface area contributed by atoms with Gasteiger partial charge in [-0.15, -0.1) is 0 Å². The predicted octanol–water partition coefficient (Wildman–Crippen LogP) is 7.61. The summed E-state index contributed by atoms with van der Waals surface area (Å²) in [5.74, 6) is 5.24. The largest absolute Gasteiger partial charge is 0.393 e. The topological polar surface area (TPSA) is 40.5 Å². The third-order valence-electron chi connectivity index (χ3n) is 10.8. The summed E-state index contributed by atoms with van der Waals surface area (Å²) in [4.78, 5) is 0. The minimum atomic E-state index is -0.512. The monoisotopic (exact) mass is 434 g/mol. The molecule has 0 bridgehead atoms. The summed E-state index contributed by atoms with van der Waals surface area (Å²) in [6, 6.07) is 0. The van der Waals surface area contributed by atoms with Crippen LogP contribution in [0.2, 0.25) is 0 Å². The third kappa shape index (κ3) is 4.91. The minimum absolute atomic E-state index is 0.0286. The highest BCUT2D eigenvalue weighted by Gasteiger charge is 2.60. The van der Waals surface area contributed by atoms with Gasteiger partial charge in [0, 0.05) is 0 Å². The molecule has 4 rings (SSSR count). The Morgan fingerprint density at radius 2 is 1.55 bits per heavy atom. The van der Waals surface area contributed by atoms with Crippen molar-refractivity contribution in [2.24, 2.45) is 46.3 Å². The summed E-state index contributed by atoms with van der Waals surface area (Å²) in [7, 11) is 0. The first-order chi connectivity index (χ1) is 14.5. The lowest BCUT2D eigenvalue weighted by molar-refractivity contribution is -0.129. The molecule has 4 aliphatic rings. The van der Waals surface area contributed by atoms with Crippen molar-refractivity contribution < 1.29 is 10.2 Å². The summed E-state index contributed by atoms with van der Waals surface area (Å²) < 4.78 is 0. The van der Waals surface area contributed by atoms with E-state index in [1.807, 2.05) is 27.7 Å². The van der Waals surface area contributed by atoms with Crippen LogP contribution in [0.25, 0.3) is 0 Å². The van der Waals surface area contributed by atoms with Crippen LogP contribution in [-0.2, 0) is 0 Å². The molecule has 4 fully saturated rings. The fourth-order valence-corrected chi connectivity index (χ4v) is 9.27. The van der Waals surface area contributed by atoms with E-state index in [9.17, 15) is 10.2 Å². The molecule has 0 amide bonds. The van der Waals surface area contributed by atoms with Crippen LogP contribution < -0.4 is 0 Å². The maximum Gasteiger partial charge on any atom is 0.0591 e. The molecule has 0 aromatic carbocycles. The Labute approximate surface area is 194 Å². The van der Waals surface area contributed by atoms with Crippen LogP contribution in [0, 0.1) is 46.3 Å². The molecule has 0 saturated heterocycles. The van der Waals surface area contributed by atoms with Crippen molar-refractivity contribution in [2.45, 2.75) is 137 Å². The van der Waals surface area contributed by atoms with Gasteiger partial charge in [-0.3, -0.25) is 0 Å². The van der Waals surface area contributed by atoms with Crippen LogP contribution in [0.5, 0.6) is 0 Å². The molecule has 4 saturated carbocycles. The number of fused-ring (bicyclic) bond motifs is 5. The van der Waals surface area contributed by atoms with Gasteiger partial charge in [0.15, 0.2) is 0 Å². The van der Waals surface area contributed by atoms with Crippen LogP contribution in [-0.4, -0.2) is 21.9 Å². The van der Waals surface area contributed by atoms with Gasteiger partial charge in [-0.1, -0.05) is 47.5 Å². The van der Waals surface area contributed by atoms with Gasteiger partial charge >= 0.3 is 0 Å². The highest BCUT2D eigenvalue weighted by atomic mass is 16.3. The Bertz CT molecular complexity index is 580. The van der Waals surface area contributed by atoms with Gasteiger partial charge in [0.1, 0.15) is 0 Å².